The number of H-pyrrole nitrogens is 1. The van der Waals surface area contributed by atoms with E-state index < -0.39 is 5.97 Å². The summed E-state index contributed by atoms with van der Waals surface area (Å²) in [6.45, 7) is 0.0961. The molecule has 0 saturated heterocycles. The van der Waals surface area contributed by atoms with Crippen molar-refractivity contribution in [3.05, 3.63) is 104 Å². The standard InChI is InChI=1S/C24H17N3O3S2/c28-22-19-7-3-4-8-20(19)26-21(27-22)11-15-5-1-2-6-18(15)24(29)30-12-17-14-32-23(25-17)16-9-10-31-13-16/h1-10,13-14H,11-12H2,(H,26,27,28). The third kappa shape index (κ3) is 4.23. The molecule has 0 aliphatic rings. The molecule has 3 heterocycles. The highest BCUT2D eigenvalue weighted by Gasteiger charge is 2.15. The number of carbonyl (C=O) groups is 1. The van der Waals surface area contributed by atoms with Gasteiger partial charge in [0, 0.05) is 22.7 Å². The molecule has 0 atom stereocenters. The SMILES string of the molecule is O=C(OCc1csc(-c2ccsc2)n1)c1ccccc1Cc1nc2ccccc2c(=O)[nH]1. The average molecular weight is 460 g/mol. The summed E-state index contributed by atoms with van der Waals surface area (Å²) in [7, 11) is 0. The van der Waals surface area contributed by atoms with Crippen LogP contribution in [0.2, 0.25) is 0 Å². The zero-order chi connectivity index (χ0) is 21.9. The number of aromatic amines is 1. The molecule has 158 valence electrons. The summed E-state index contributed by atoms with van der Waals surface area (Å²) in [4.78, 5) is 37.1. The van der Waals surface area contributed by atoms with Crippen LogP contribution in [-0.2, 0) is 17.8 Å². The molecule has 5 aromatic rings. The van der Waals surface area contributed by atoms with Gasteiger partial charge in [-0.05, 0) is 35.2 Å². The van der Waals surface area contributed by atoms with E-state index in [1.165, 1.54) is 11.3 Å². The van der Waals surface area contributed by atoms with Gasteiger partial charge in [0.25, 0.3) is 5.56 Å². The minimum atomic E-state index is -0.436. The van der Waals surface area contributed by atoms with Gasteiger partial charge in [-0.15, -0.1) is 11.3 Å². The number of rotatable bonds is 6. The molecule has 0 aliphatic heterocycles. The Kier molecular flexibility index (Phi) is 5.62. The predicted molar refractivity (Wildman–Crippen MR) is 126 cm³/mol. The summed E-state index contributed by atoms with van der Waals surface area (Å²) in [6.07, 6.45) is 0.310. The monoisotopic (exact) mass is 459 g/mol. The van der Waals surface area contributed by atoms with Crippen molar-refractivity contribution in [2.45, 2.75) is 13.0 Å². The first-order valence-electron chi connectivity index (χ1n) is 9.87. The van der Waals surface area contributed by atoms with E-state index in [0.717, 1.165) is 16.1 Å². The van der Waals surface area contributed by atoms with Crippen molar-refractivity contribution in [1.29, 1.82) is 0 Å². The Morgan fingerprint density at radius 3 is 2.72 bits per heavy atom. The van der Waals surface area contributed by atoms with Crippen LogP contribution < -0.4 is 5.56 Å². The van der Waals surface area contributed by atoms with Gasteiger partial charge in [-0.1, -0.05) is 30.3 Å². The minimum absolute atomic E-state index is 0.0961. The fourth-order valence-corrected chi connectivity index (χ4v) is 4.90. The van der Waals surface area contributed by atoms with Gasteiger partial charge in [0.05, 0.1) is 22.2 Å². The first-order chi connectivity index (χ1) is 15.7. The zero-order valence-electron chi connectivity index (χ0n) is 16.8. The van der Waals surface area contributed by atoms with Crippen LogP contribution in [0.3, 0.4) is 0 Å². The second-order valence-corrected chi connectivity index (χ2v) is 8.73. The van der Waals surface area contributed by atoms with Crippen LogP contribution in [-0.4, -0.2) is 20.9 Å². The van der Waals surface area contributed by atoms with Crippen molar-refractivity contribution >= 4 is 39.5 Å². The fourth-order valence-electron chi connectivity index (χ4n) is 3.38. The number of aromatic nitrogens is 3. The van der Waals surface area contributed by atoms with Gasteiger partial charge in [0.15, 0.2) is 0 Å². The summed E-state index contributed by atoms with van der Waals surface area (Å²) in [5.74, 6) is 0.0580. The van der Waals surface area contributed by atoms with Crippen molar-refractivity contribution < 1.29 is 9.53 Å². The predicted octanol–water partition coefficient (Wildman–Crippen LogP) is 5.06. The number of fused-ring (bicyclic) bond motifs is 1. The van der Waals surface area contributed by atoms with Gasteiger partial charge in [-0.2, -0.15) is 11.3 Å². The Morgan fingerprint density at radius 2 is 1.84 bits per heavy atom. The van der Waals surface area contributed by atoms with Crippen LogP contribution in [0.5, 0.6) is 0 Å². The molecule has 3 aromatic heterocycles. The number of nitrogens with zero attached hydrogens (tertiary/aromatic N) is 2. The van der Waals surface area contributed by atoms with Crippen LogP contribution in [0.4, 0.5) is 0 Å². The fraction of sp³-hybridized carbons (Fsp3) is 0.0833. The van der Waals surface area contributed by atoms with Gasteiger partial charge < -0.3 is 9.72 Å². The Labute approximate surface area is 191 Å². The summed E-state index contributed by atoms with van der Waals surface area (Å²) in [6, 6.07) is 16.4. The number of hydrogen-bond donors (Lipinski definition) is 1. The van der Waals surface area contributed by atoms with Crippen molar-refractivity contribution in [3.8, 4) is 10.6 Å². The number of thiophene rings is 1. The van der Waals surface area contributed by atoms with E-state index in [2.05, 4.69) is 15.0 Å². The van der Waals surface area contributed by atoms with E-state index >= 15 is 0 Å². The second kappa shape index (κ2) is 8.86. The molecule has 0 saturated carbocycles. The molecular weight excluding hydrogens is 442 g/mol. The van der Waals surface area contributed by atoms with E-state index in [4.69, 9.17) is 4.74 Å². The Hall–Kier alpha value is -3.62. The van der Waals surface area contributed by atoms with E-state index in [0.29, 0.717) is 34.4 Å². The van der Waals surface area contributed by atoms with Gasteiger partial charge in [0.2, 0.25) is 0 Å². The molecule has 32 heavy (non-hydrogen) atoms. The molecule has 8 heteroatoms. The van der Waals surface area contributed by atoms with Gasteiger partial charge in [-0.25, -0.2) is 14.8 Å². The van der Waals surface area contributed by atoms with Crippen LogP contribution >= 0.6 is 22.7 Å². The lowest BCUT2D eigenvalue weighted by molar-refractivity contribution is 0.0467. The quantitative estimate of drug-likeness (QED) is 0.359. The number of thiazole rings is 1. The number of ether oxygens (including phenoxy) is 1. The third-order valence-electron chi connectivity index (χ3n) is 4.93. The Morgan fingerprint density at radius 1 is 1.00 bits per heavy atom. The lowest BCUT2D eigenvalue weighted by Gasteiger charge is -2.09. The number of carbonyl (C=O) groups excluding carboxylic acids is 1. The van der Waals surface area contributed by atoms with E-state index in [1.54, 1.807) is 41.7 Å². The van der Waals surface area contributed by atoms with E-state index in [-0.39, 0.29) is 12.2 Å². The first kappa shape index (κ1) is 20.3. The number of benzene rings is 2. The lowest BCUT2D eigenvalue weighted by atomic mass is 10.0. The maximum Gasteiger partial charge on any atom is 0.338 e. The smallest absolute Gasteiger partial charge is 0.338 e. The van der Waals surface area contributed by atoms with Crippen LogP contribution in [0, 0.1) is 0 Å². The molecule has 0 amide bonds. The first-order valence-corrected chi connectivity index (χ1v) is 11.7. The summed E-state index contributed by atoms with van der Waals surface area (Å²) in [5.41, 5.74) is 3.37. The highest BCUT2D eigenvalue weighted by Crippen LogP contribution is 2.26. The van der Waals surface area contributed by atoms with Gasteiger partial charge in [0.1, 0.15) is 17.4 Å². The molecule has 1 N–H and O–H groups in total. The van der Waals surface area contributed by atoms with Crippen LogP contribution in [0.1, 0.15) is 27.4 Å². The van der Waals surface area contributed by atoms with Crippen molar-refractivity contribution in [1.82, 2.24) is 15.0 Å². The molecule has 2 aromatic carbocycles. The Balaban J connectivity index is 1.33. The third-order valence-corrected chi connectivity index (χ3v) is 6.55. The summed E-state index contributed by atoms with van der Waals surface area (Å²) < 4.78 is 5.53. The van der Waals surface area contributed by atoms with E-state index in [9.17, 15) is 9.59 Å². The molecule has 6 nitrogen and oxygen atoms in total. The van der Waals surface area contributed by atoms with Crippen molar-refractivity contribution in [2.24, 2.45) is 0 Å². The highest BCUT2D eigenvalue weighted by atomic mass is 32.1. The van der Waals surface area contributed by atoms with Crippen LogP contribution in [0.25, 0.3) is 21.5 Å². The number of nitrogens with one attached hydrogen (secondary N) is 1. The molecular formula is C24H17N3O3S2. The molecule has 0 unspecified atom stereocenters. The zero-order valence-corrected chi connectivity index (χ0v) is 18.4. The molecule has 0 radical (unpaired) electrons. The number of para-hydroxylation sites is 1. The van der Waals surface area contributed by atoms with E-state index in [1.807, 2.05) is 40.4 Å². The topological polar surface area (TPSA) is 84.9 Å². The lowest BCUT2D eigenvalue weighted by Crippen LogP contribution is -2.14. The van der Waals surface area contributed by atoms with Crippen LogP contribution in [0.15, 0.2) is 75.5 Å². The normalized spacial score (nSPS) is 11.0. The average Bonchev–Trinajstić information content (AvgIpc) is 3.50. The van der Waals surface area contributed by atoms with Crippen molar-refractivity contribution in [2.75, 3.05) is 0 Å². The second-order valence-electron chi connectivity index (χ2n) is 7.10. The number of esters is 1. The molecule has 0 fully saturated rings. The van der Waals surface area contributed by atoms with Gasteiger partial charge in [-0.3, -0.25) is 4.79 Å². The van der Waals surface area contributed by atoms with Crippen molar-refractivity contribution in [3.63, 3.8) is 0 Å². The maximum absolute atomic E-state index is 12.8. The molecule has 5 rings (SSSR count). The molecule has 0 bridgehead atoms. The Bertz CT molecular complexity index is 1450. The van der Waals surface area contributed by atoms with Gasteiger partial charge >= 0.3 is 5.97 Å². The maximum atomic E-state index is 12.8. The largest absolute Gasteiger partial charge is 0.456 e. The summed E-state index contributed by atoms with van der Waals surface area (Å²) >= 11 is 3.14. The minimum Gasteiger partial charge on any atom is -0.456 e. The highest BCUT2D eigenvalue weighted by molar-refractivity contribution is 7.14. The molecule has 0 spiro atoms. The molecule has 0 aliphatic carbocycles. The summed E-state index contributed by atoms with van der Waals surface area (Å²) in [5, 5.41) is 7.38. The number of hydrogen-bond acceptors (Lipinski definition) is 7.